The molecule has 1 saturated heterocycles. The smallest absolute Gasteiger partial charge is 0.289 e. The molecule has 0 radical (unpaired) electrons. The Morgan fingerprint density at radius 1 is 1.44 bits per heavy atom. The molecule has 0 aliphatic carbocycles. The lowest BCUT2D eigenvalue weighted by Crippen LogP contribution is -2.47. The molecule has 1 fully saturated rings. The maximum atomic E-state index is 11.9. The summed E-state index contributed by atoms with van der Waals surface area (Å²) >= 11 is 0. The summed E-state index contributed by atoms with van der Waals surface area (Å²) in [7, 11) is -3.87. The van der Waals surface area contributed by atoms with E-state index < -0.39 is 15.9 Å². The first-order valence-corrected chi connectivity index (χ1v) is 6.27. The predicted molar refractivity (Wildman–Crippen MR) is 58.1 cm³/mol. The summed E-state index contributed by atoms with van der Waals surface area (Å²) in [6, 6.07) is 0. The van der Waals surface area contributed by atoms with E-state index in [0.29, 0.717) is 26.2 Å². The van der Waals surface area contributed by atoms with Crippen LogP contribution in [0.2, 0.25) is 0 Å². The van der Waals surface area contributed by atoms with E-state index in [1.807, 2.05) is 0 Å². The summed E-state index contributed by atoms with van der Waals surface area (Å²) < 4.78 is 26.1. The summed E-state index contributed by atoms with van der Waals surface area (Å²) in [4.78, 5) is 13.0. The van der Waals surface area contributed by atoms with Crippen molar-refractivity contribution in [2.75, 3.05) is 26.2 Å². The van der Waals surface area contributed by atoms with E-state index >= 15 is 0 Å². The Labute approximate surface area is 93.1 Å². The Morgan fingerprint density at radius 3 is 2.56 bits per heavy atom. The van der Waals surface area contributed by atoms with E-state index in [0.717, 1.165) is 6.08 Å². The summed E-state index contributed by atoms with van der Waals surface area (Å²) in [5.41, 5.74) is 5.28. The van der Waals surface area contributed by atoms with Crippen LogP contribution in [-0.4, -0.2) is 51.2 Å². The fraction of sp³-hybridized carbons (Fsp3) is 0.500. The van der Waals surface area contributed by atoms with Crippen LogP contribution < -0.4 is 11.1 Å². The Balaban J connectivity index is 2.21. The van der Waals surface area contributed by atoms with Crippen LogP contribution in [-0.2, 0) is 14.8 Å². The highest BCUT2D eigenvalue weighted by Crippen LogP contribution is 2.18. The minimum atomic E-state index is -3.87. The topological polar surface area (TPSA) is 105 Å². The second-order valence-electron chi connectivity index (χ2n) is 3.54. The van der Waals surface area contributed by atoms with Gasteiger partial charge in [0.2, 0.25) is 0 Å². The van der Waals surface area contributed by atoms with Gasteiger partial charge in [0.15, 0.2) is 4.91 Å². The Morgan fingerprint density at radius 2 is 2.06 bits per heavy atom. The van der Waals surface area contributed by atoms with Gasteiger partial charge in [-0.25, -0.2) is 0 Å². The van der Waals surface area contributed by atoms with Crippen LogP contribution in [0.4, 0.5) is 0 Å². The molecule has 2 rings (SSSR count). The van der Waals surface area contributed by atoms with Gasteiger partial charge in [0.25, 0.3) is 15.9 Å². The number of hydrogen-bond donors (Lipinski definition) is 2. The number of sulfonamides is 1. The highest BCUT2D eigenvalue weighted by atomic mass is 32.2. The molecule has 1 amide bonds. The molecule has 0 aromatic carbocycles. The third-order valence-electron chi connectivity index (χ3n) is 2.40. The number of nitrogens with two attached hydrogens (primary N) is 1. The number of nitrogens with one attached hydrogen (secondary N) is 1. The molecule has 2 heterocycles. The van der Waals surface area contributed by atoms with Gasteiger partial charge in [-0.2, -0.15) is 8.42 Å². The van der Waals surface area contributed by atoms with E-state index in [9.17, 15) is 13.2 Å². The number of rotatable bonds is 1. The average molecular weight is 244 g/mol. The average Bonchev–Trinajstić information content (AvgIpc) is 2.52. The predicted octanol–water partition coefficient (Wildman–Crippen LogP) is -2.00. The number of carbonyl (C=O) groups excluding carboxylic acids is 1. The first kappa shape index (κ1) is 11.1. The van der Waals surface area contributed by atoms with Gasteiger partial charge in [0.1, 0.15) is 5.84 Å². The molecule has 0 aromatic rings. The summed E-state index contributed by atoms with van der Waals surface area (Å²) in [6.45, 7) is 2.31. The number of hydrogen-bond acceptors (Lipinski definition) is 5. The molecule has 88 valence electrons. The number of nitrogens with zero attached hydrogens (tertiary/aromatic N) is 2. The number of amides is 1. The fourth-order valence-electron chi connectivity index (χ4n) is 1.62. The second kappa shape index (κ2) is 3.87. The van der Waals surface area contributed by atoms with Crippen molar-refractivity contribution in [2.45, 2.75) is 0 Å². The van der Waals surface area contributed by atoms with Crippen LogP contribution in [0.1, 0.15) is 0 Å². The van der Waals surface area contributed by atoms with E-state index in [1.54, 1.807) is 0 Å². The van der Waals surface area contributed by atoms with Crippen molar-refractivity contribution >= 4 is 21.8 Å². The van der Waals surface area contributed by atoms with Crippen LogP contribution in [0.3, 0.4) is 0 Å². The van der Waals surface area contributed by atoms with Crippen LogP contribution >= 0.6 is 0 Å². The highest BCUT2D eigenvalue weighted by Gasteiger charge is 2.33. The number of amidine groups is 1. The molecule has 16 heavy (non-hydrogen) atoms. The van der Waals surface area contributed by atoms with Gasteiger partial charge >= 0.3 is 0 Å². The van der Waals surface area contributed by atoms with Crippen molar-refractivity contribution in [3.05, 3.63) is 11.0 Å². The molecule has 7 nitrogen and oxygen atoms in total. The van der Waals surface area contributed by atoms with Gasteiger partial charge in [-0.05, 0) is 0 Å². The molecule has 0 aromatic heterocycles. The fourth-order valence-corrected chi connectivity index (χ4v) is 2.67. The second-order valence-corrected chi connectivity index (χ2v) is 5.11. The zero-order valence-corrected chi connectivity index (χ0v) is 9.33. The lowest BCUT2D eigenvalue weighted by molar-refractivity contribution is -0.126. The summed E-state index contributed by atoms with van der Waals surface area (Å²) in [5, 5.41) is 3.07. The van der Waals surface area contributed by atoms with Crippen molar-refractivity contribution in [1.29, 1.82) is 0 Å². The third-order valence-corrected chi connectivity index (χ3v) is 3.70. The zero-order chi connectivity index (χ0) is 11.8. The third kappa shape index (κ3) is 1.93. The molecule has 0 bridgehead atoms. The standard InChI is InChI=1S/C8H12N4O3S/c9-7-5-6(16(14,15)11-7)8(13)12-3-1-10-2-4-12/h5,10H,1-4H2,(H2,9,11). The largest absolute Gasteiger partial charge is 0.383 e. The van der Waals surface area contributed by atoms with E-state index in [1.165, 1.54) is 4.90 Å². The number of carbonyl (C=O) groups is 1. The van der Waals surface area contributed by atoms with Gasteiger partial charge in [-0.1, -0.05) is 0 Å². The van der Waals surface area contributed by atoms with Crippen molar-refractivity contribution < 1.29 is 13.2 Å². The minimum absolute atomic E-state index is 0.140. The maximum absolute atomic E-state index is 11.9. The molecule has 2 aliphatic rings. The van der Waals surface area contributed by atoms with Crippen molar-refractivity contribution in [2.24, 2.45) is 10.1 Å². The highest BCUT2D eigenvalue weighted by molar-refractivity contribution is 7.95. The van der Waals surface area contributed by atoms with Crippen LogP contribution in [0.15, 0.2) is 15.4 Å². The van der Waals surface area contributed by atoms with Gasteiger partial charge < -0.3 is 16.0 Å². The summed E-state index contributed by atoms with van der Waals surface area (Å²) in [6.07, 6.45) is 1.11. The quantitative estimate of drug-likeness (QED) is 0.555. The zero-order valence-electron chi connectivity index (χ0n) is 8.51. The van der Waals surface area contributed by atoms with Gasteiger partial charge in [-0.15, -0.1) is 4.40 Å². The maximum Gasteiger partial charge on any atom is 0.289 e. The van der Waals surface area contributed by atoms with Crippen molar-refractivity contribution in [3.63, 3.8) is 0 Å². The molecule has 0 unspecified atom stereocenters. The van der Waals surface area contributed by atoms with Crippen LogP contribution in [0.5, 0.6) is 0 Å². The van der Waals surface area contributed by atoms with Crippen molar-refractivity contribution in [1.82, 2.24) is 10.2 Å². The first-order chi connectivity index (χ1) is 7.50. The SMILES string of the molecule is NC1=NS(=O)(=O)C(C(=O)N2CCNCC2)=C1. The number of piperazine rings is 1. The normalized spacial score (nSPS) is 23.9. The lowest BCUT2D eigenvalue weighted by atomic mass is 10.3. The first-order valence-electron chi connectivity index (χ1n) is 4.83. The summed E-state index contributed by atoms with van der Waals surface area (Å²) in [5.74, 6) is -0.663. The lowest BCUT2D eigenvalue weighted by Gasteiger charge is -2.27. The molecule has 0 spiro atoms. The molecule has 0 atom stereocenters. The molecule has 8 heteroatoms. The molecule has 0 saturated carbocycles. The molecule has 2 aliphatic heterocycles. The van der Waals surface area contributed by atoms with Gasteiger partial charge in [-0.3, -0.25) is 4.79 Å². The van der Waals surface area contributed by atoms with Gasteiger partial charge in [0, 0.05) is 32.3 Å². The Kier molecular flexibility index (Phi) is 2.68. The van der Waals surface area contributed by atoms with Gasteiger partial charge in [0.05, 0.1) is 0 Å². The Bertz CT molecular complexity index is 474. The molecular weight excluding hydrogens is 232 g/mol. The minimum Gasteiger partial charge on any atom is -0.383 e. The molecular formula is C8H12N4O3S. The van der Waals surface area contributed by atoms with E-state index in [-0.39, 0.29) is 10.7 Å². The van der Waals surface area contributed by atoms with Crippen LogP contribution in [0, 0.1) is 0 Å². The monoisotopic (exact) mass is 244 g/mol. The van der Waals surface area contributed by atoms with Crippen molar-refractivity contribution in [3.8, 4) is 0 Å². The molecule has 3 N–H and O–H groups in total. The van der Waals surface area contributed by atoms with E-state index in [2.05, 4.69) is 9.71 Å². The Hall–Kier alpha value is -1.41. The van der Waals surface area contributed by atoms with Crippen LogP contribution in [0.25, 0.3) is 0 Å². The van der Waals surface area contributed by atoms with E-state index in [4.69, 9.17) is 5.73 Å².